The molecule has 1 fully saturated rings. The number of hydrogen-bond donors (Lipinski definition) is 1. The lowest BCUT2D eigenvalue weighted by molar-refractivity contribution is -0.163. The van der Waals surface area contributed by atoms with Gasteiger partial charge in [-0.15, -0.1) is 0 Å². The molecule has 1 saturated heterocycles. The fraction of sp³-hybridized carbons (Fsp3) is 0.391. The minimum Gasteiger partial charge on any atom is -0.459 e. The normalized spacial score (nSPS) is 17.1. The molecule has 1 heterocycles. The predicted octanol–water partition coefficient (Wildman–Crippen LogP) is 2.72. The van der Waals surface area contributed by atoms with Gasteiger partial charge in [-0.3, -0.25) is 4.79 Å². The third-order valence-electron chi connectivity index (χ3n) is 5.15. The lowest BCUT2D eigenvalue weighted by Crippen LogP contribution is -2.60. The molecule has 0 saturated carbocycles. The van der Waals surface area contributed by atoms with Crippen molar-refractivity contribution in [3.63, 3.8) is 0 Å². The van der Waals surface area contributed by atoms with Crippen LogP contribution < -0.4 is 4.72 Å². The zero-order valence-electron chi connectivity index (χ0n) is 17.7. The van der Waals surface area contributed by atoms with Crippen LogP contribution in [0.25, 0.3) is 0 Å². The van der Waals surface area contributed by atoms with Crippen LogP contribution in [0.1, 0.15) is 32.3 Å². The number of benzene rings is 2. The quantitative estimate of drug-likeness (QED) is 0.601. The standard InChI is InChI=1S/C23H28N2O5S/c1-17(2)15-20(24-31(28,29)19-11-7-4-8-12-19)22(26)25-14-13-21(25)23(27)30-16-18-9-5-3-6-10-18/h3-12,17,20-21,24H,13-16H2,1-2H3/t20-,21+/m1/s1. The first-order chi connectivity index (χ1) is 14.8. The largest absolute Gasteiger partial charge is 0.459 e. The molecule has 1 N–H and O–H groups in total. The van der Waals surface area contributed by atoms with Crippen molar-refractivity contribution in [1.29, 1.82) is 0 Å². The summed E-state index contributed by atoms with van der Waals surface area (Å²) in [6, 6.07) is 15.6. The maximum Gasteiger partial charge on any atom is 0.329 e. The molecule has 0 aliphatic carbocycles. The number of rotatable bonds is 9. The first-order valence-corrected chi connectivity index (χ1v) is 11.8. The van der Waals surface area contributed by atoms with Gasteiger partial charge in [-0.05, 0) is 36.5 Å². The highest BCUT2D eigenvalue weighted by Crippen LogP contribution is 2.23. The summed E-state index contributed by atoms with van der Waals surface area (Å²) in [4.78, 5) is 27.2. The van der Waals surface area contributed by atoms with Crippen molar-refractivity contribution in [2.45, 2.75) is 50.3 Å². The number of hydrogen-bond acceptors (Lipinski definition) is 5. The molecule has 1 amide bonds. The third-order valence-corrected chi connectivity index (χ3v) is 6.64. The maximum absolute atomic E-state index is 13.2. The summed E-state index contributed by atoms with van der Waals surface area (Å²) < 4.78 is 33.4. The van der Waals surface area contributed by atoms with Crippen LogP contribution in [0.15, 0.2) is 65.6 Å². The van der Waals surface area contributed by atoms with Crippen LogP contribution in [0.5, 0.6) is 0 Å². The van der Waals surface area contributed by atoms with Crippen LogP contribution in [-0.2, 0) is 31.0 Å². The molecule has 3 rings (SSSR count). The van der Waals surface area contributed by atoms with E-state index in [0.717, 1.165) is 5.56 Å². The molecule has 1 aliphatic rings. The van der Waals surface area contributed by atoms with E-state index in [9.17, 15) is 18.0 Å². The second-order valence-corrected chi connectivity index (χ2v) is 9.76. The van der Waals surface area contributed by atoms with Crippen molar-refractivity contribution < 1.29 is 22.7 Å². The molecule has 8 heteroatoms. The lowest BCUT2D eigenvalue weighted by atomic mass is 9.98. The van der Waals surface area contributed by atoms with Gasteiger partial charge in [0.25, 0.3) is 0 Å². The van der Waals surface area contributed by atoms with Crippen molar-refractivity contribution in [3.05, 3.63) is 66.2 Å². The SMILES string of the molecule is CC(C)C[C@@H](NS(=O)(=O)c1ccccc1)C(=O)N1CC[C@H]1C(=O)OCc1ccccc1. The predicted molar refractivity (Wildman–Crippen MR) is 116 cm³/mol. The molecule has 0 radical (unpaired) electrons. The second-order valence-electron chi connectivity index (χ2n) is 8.05. The Balaban J connectivity index is 1.67. The van der Waals surface area contributed by atoms with Gasteiger partial charge in [-0.1, -0.05) is 62.4 Å². The summed E-state index contributed by atoms with van der Waals surface area (Å²) in [5.41, 5.74) is 0.862. The first kappa shape index (κ1) is 23.0. The van der Waals surface area contributed by atoms with Crippen molar-refractivity contribution >= 4 is 21.9 Å². The Morgan fingerprint density at radius 2 is 1.68 bits per heavy atom. The molecule has 31 heavy (non-hydrogen) atoms. The third kappa shape index (κ3) is 5.92. The van der Waals surface area contributed by atoms with E-state index in [1.165, 1.54) is 17.0 Å². The number of nitrogens with zero attached hydrogens (tertiary/aromatic N) is 1. The molecular weight excluding hydrogens is 416 g/mol. The van der Waals surface area contributed by atoms with E-state index in [1.54, 1.807) is 18.2 Å². The van der Waals surface area contributed by atoms with Gasteiger partial charge >= 0.3 is 5.97 Å². The first-order valence-electron chi connectivity index (χ1n) is 10.4. The molecule has 2 aromatic carbocycles. The van der Waals surface area contributed by atoms with Gasteiger partial charge in [0, 0.05) is 6.54 Å². The topological polar surface area (TPSA) is 92.8 Å². The number of carbonyl (C=O) groups is 2. The highest BCUT2D eigenvalue weighted by atomic mass is 32.2. The Hall–Kier alpha value is -2.71. The lowest BCUT2D eigenvalue weighted by Gasteiger charge is -2.41. The van der Waals surface area contributed by atoms with Crippen LogP contribution in [0.4, 0.5) is 0 Å². The Labute approximate surface area is 183 Å². The molecule has 0 bridgehead atoms. The number of sulfonamides is 1. The van der Waals surface area contributed by atoms with Gasteiger partial charge in [0.2, 0.25) is 15.9 Å². The maximum atomic E-state index is 13.2. The second kappa shape index (κ2) is 10.1. The average molecular weight is 445 g/mol. The highest BCUT2D eigenvalue weighted by molar-refractivity contribution is 7.89. The van der Waals surface area contributed by atoms with Gasteiger partial charge in [0.05, 0.1) is 4.90 Å². The Morgan fingerprint density at radius 1 is 1.06 bits per heavy atom. The summed E-state index contributed by atoms with van der Waals surface area (Å²) in [5.74, 6) is -0.795. The monoisotopic (exact) mass is 444 g/mol. The minimum atomic E-state index is -3.87. The molecule has 166 valence electrons. The number of nitrogens with one attached hydrogen (secondary N) is 1. The number of ether oxygens (including phenoxy) is 1. The Morgan fingerprint density at radius 3 is 2.23 bits per heavy atom. The minimum absolute atomic E-state index is 0.0807. The van der Waals surface area contributed by atoms with Crippen LogP contribution in [0, 0.1) is 5.92 Å². The Bertz CT molecular complexity index is 993. The summed E-state index contributed by atoms with van der Waals surface area (Å²) in [6.45, 7) is 4.36. The fourth-order valence-corrected chi connectivity index (χ4v) is 4.67. The van der Waals surface area contributed by atoms with E-state index in [1.807, 2.05) is 44.2 Å². The van der Waals surface area contributed by atoms with Crippen molar-refractivity contribution in [2.75, 3.05) is 6.54 Å². The van der Waals surface area contributed by atoms with E-state index in [0.29, 0.717) is 19.4 Å². The van der Waals surface area contributed by atoms with Gasteiger partial charge in [0.15, 0.2) is 0 Å². The molecule has 2 aromatic rings. The van der Waals surface area contributed by atoms with Gasteiger partial charge in [0.1, 0.15) is 18.7 Å². The molecule has 7 nitrogen and oxygen atoms in total. The summed E-state index contributed by atoms with van der Waals surface area (Å²) in [5, 5.41) is 0. The van der Waals surface area contributed by atoms with Crippen molar-refractivity contribution in [3.8, 4) is 0 Å². The molecule has 0 unspecified atom stereocenters. The van der Waals surface area contributed by atoms with Crippen LogP contribution in [0.2, 0.25) is 0 Å². The molecular formula is C23H28N2O5S. The molecule has 1 aliphatic heterocycles. The molecule has 0 spiro atoms. The highest BCUT2D eigenvalue weighted by Gasteiger charge is 2.42. The van der Waals surface area contributed by atoms with Gasteiger partial charge in [-0.25, -0.2) is 13.2 Å². The summed E-state index contributed by atoms with van der Waals surface area (Å²) in [6.07, 6.45) is 0.826. The zero-order chi connectivity index (χ0) is 22.4. The van der Waals surface area contributed by atoms with E-state index >= 15 is 0 Å². The number of amides is 1. The summed E-state index contributed by atoms with van der Waals surface area (Å²) in [7, 11) is -3.87. The molecule has 2 atom stereocenters. The van der Waals surface area contributed by atoms with E-state index in [2.05, 4.69) is 4.72 Å². The van der Waals surface area contributed by atoms with Gasteiger partial charge < -0.3 is 9.64 Å². The van der Waals surface area contributed by atoms with E-state index in [-0.39, 0.29) is 17.4 Å². The Kier molecular flexibility index (Phi) is 7.46. The average Bonchev–Trinajstić information content (AvgIpc) is 2.72. The van der Waals surface area contributed by atoms with Crippen molar-refractivity contribution in [2.24, 2.45) is 5.92 Å². The number of likely N-dealkylation sites (tertiary alicyclic amines) is 1. The fourth-order valence-electron chi connectivity index (χ4n) is 3.45. The van der Waals surface area contributed by atoms with Crippen LogP contribution >= 0.6 is 0 Å². The van der Waals surface area contributed by atoms with E-state index in [4.69, 9.17) is 4.74 Å². The van der Waals surface area contributed by atoms with E-state index < -0.39 is 34.0 Å². The zero-order valence-corrected chi connectivity index (χ0v) is 18.5. The van der Waals surface area contributed by atoms with Crippen LogP contribution in [0.3, 0.4) is 0 Å². The summed E-state index contributed by atoms with van der Waals surface area (Å²) >= 11 is 0. The molecule has 0 aromatic heterocycles. The number of carbonyl (C=O) groups excluding carboxylic acids is 2. The number of esters is 1. The van der Waals surface area contributed by atoms with Crippen molar-refractivity contribution in [1.82, 2.24) is 9.62 Å². The van der Waals surface area contributed by atoms with Gasteiger partial charge in [-0.2, -0.15) is 4.72 Å². The smallest absolute Gasteiger partial charge is 0.329 e. The van der Waals surface area contributed by atoms with Crippen LogP contribution in [-0.4, -0.2) is 43.8 Å².